The van der Waals surface area contributed by atoms with Crippen LogP contribution in [0, 0.1) is 5.41 Å². The van der Waals surface area contributed by atoms with E-state index in [1.54, 1.807) is 13.8 Å². The smallest absolute Gasteiger partial charge is 0.407 e. The molecule has 1 aliphatic carbocycles. The van der Waals surface area contributed by atoms with E-state index in [4.69, 9.17) is 9.47 Å². The van der Waals surface area contributed by atoms with Crippen molar-refractivity contribution in [2.24, 2.45) is 5.41 Å². The fraction of sp³-hybridized carbons (Fsp3) is 0.423. The number of rotatable bonds is 9. The highest BCUT2D eigenvalue weighted by Gasteiger charge is 2.45. The van der Waals surface area contributed by atoms with Gasteiger partial charge in [-0.1, -0.05) is 48.5 Å². The number of carboxylic acids is 1. The van der Waals surface area contributed by atoms with Crippen LogP contribution >= 0.6 is 0 Å². The number of carboxylic acid groups (broad SMARTS) is 1. The first-order chi connectivity index (χ1) is 16.0. The Morgan fingerprint density at radius 2 is 1.50 bits per heavy atom. The Bertz CT molecular complexity index is 1030. The summed E-state index contributed by atoms with van der Waals surface area (Å²) in [5.74, 6) is -1.72. The van der Waals surface area contributed by atoms with Crippen molar-refractivity contribution in [3.63, 3.8) is 0 Å². The molecule has 34 heavy (non-hydrogen) atoms. The Balaban J connectivity index is 1.67. The zero-order valence-electron chi connectivity index (χ0n) is 20.2. The van der Waals surface area contributed by atoms with E-state index in [1.807, 2.05) is 48.5 Å². The van der Waals surface area contributed by atoms with Crippen molar-refractivity contribution < 1.29 is 29.0 Å². The highest BCUT2D eigenvalue weighted by atomic mass is 16.5. The number of carbonyl (C=O) groups excluding carboxylic acids is 2. The van der Waals surface area contributed by atoms with Crippen LogP contribution < -0.4 is 10.6 Å². The molecule has 2 aromatic rings. The number of hydrogen-bond donors (Lipinski definition) is 3. The molecule has 2 aromatic carbocycles. The highest BCUT2D eigenvalue weighted by molar-refractivity contribution is 5.87. The molecule has 3 rings (SSSR count). The van der Waals surface area contributed by atoms with E-state index in [0.717, 1.165) is 22.3 Å². The molecule has 1 aliphatic rings. The van der Waals surface area contributed by atoms with E-state index < -0.39 is 35.0 Å². The van der Waals surface area contributed by atoms with E-state index in [0.29, 0.717) is 0 Å². The predicted molar refractivity (Wildman–Crippen MR) is 128 cm³/mol. The predicted octanol–water partition coefficient (Wildman–Crippen LogP) is 3.55. The molecule has 3 N–H and O–H groups in total. The topological polar surface area (TPSA) is 114 Å². The van der Waals surface area contributed by atoms with Crippen LogP contribution in [0.1, 0.15) is 44.7 Å². The zero-order valence-corrected chi connectivity index (χ0v) is 20.2. The van der Waals surface area contributed by atoms with Crippen molar-refractivity contribution in [1.29, 1.82) is 0 Å². The summed E-state index contributed by atoms with van der Waals surface area (Å²) in [6.07, 6.45) is -0.755. The quantitative estimate of drug-likeness (QED) is 0.519. The third-order valence-corrected chi connectivity index (χ3v) is 6.82. The molecule has 0 spiro atoms. The van der Waals surface area contributed by atoms with E-state index in [1.165, 1.54) is 21.0 Å². The standard InChI is InChI=1S/C26H32N2O6/c1-25(2,23(30)31)26(3,4)28-22(29)21(15-33-5)27-24(32)34-14-20-18-12-8-6-10-16(18)17-11-7-9-13-19(17)20/h6-13,20-21H,14-15H2,1-5H3,(H,27,32)(H,28,29)(H,30,31). The molecule has 1 unspecified atom stereocenters. The second-order valence-electron chi connectivity index (χ2n) is 9.52. The molecule has 2 amide bonds. The van der Waals surface area contributed by atoms with Crippen molar-refractivity contribution >= 4 is 18.0 Å². The molecule has 0 radical (unpaired) electrons. The molecule has 1 atom stereocenters. The van der Waals surface area contributed by atoms with Gasteiger partial charge in [-0.25, -0.2) is 4.79 Å². The van der Waals surface area contributed by atoms with Gasteiger partial charge in [-0.2, -0.15) is 0 Å². The summed E-state index contributed by atoms with van der Waals surface area (Å²) in [6, 6.07) is 15.0. The summed E-state index contributed by atoms with van der Waals surface area (Å²) in [7, 11) is 1.41. The fourth-order valence-electron chi connectivity index (χ4n) is 3.95. The van der Waals surface area contributed by atoms with Gasteiger partial charge in [0.2, 0.25) is 5.91 Å². The Morgan fingerprint density at radius 3 is 2.00 bits per heavy atom. The Morgan fingerprint density at radius 1 is 0.971 bits per heavy atom. The number of nitrogens with one attached hydrogen (secondary N) is 2. The van der Waals surface area contributed by atoms with Crippen LogP contribution in [0.4, 0.5) is 4.79 Å². The van der Waals surface area contributed by atoms with Gasteiger partial charge >= 0.3 is 12.1 Å². The van der Waals surface area contributed by atoms with Crippen LogP contribution in [0.25, 0.3) is 11.1 Å². The first-order valence-corrected chi connectivity index (χ1v) is 11.2. The van der Waals surface area contributed by atoms with Gasteiger partial charge in [0.15, 0.2) is 0 Å². The molecule has 0 saturated heterocycles. The van der Waals surface area contributed by atoms with E-state index in [-0.39, 0.29) is 19.1 Å². The fourth-order valence-corrected chi connectivity index (χ4v) is 3.95. The molecule has 0 saturated carbocycles. The van der Waals surface area contributed by atoms with Gasteiger partial charge in [0.1, 0.15) is 12.6 Å². The first-order valence-electron chi connectivity index (χ1n) is 11.2. The van der Waals surface area contributed by atoms with Gasteiger partial charge in [0.05, 0.1) is 17.6 Å². The van der Waals surface area contributed by atoms with Gasteiger partial charge in [-0.15, -0.1) is 0 Å². The summed E-state index contributed by atoms with van der Waals surface area (Å²) >= 11 is 0. The third-order valence-electron chi connectivity index (χ3n) is 6.82. The van der Waals surface area contributed by atoms with Gasteiger partial charge in [0, 0.05) is 13.0 Å². The number of benzene rings is 2. The van der Waals surface area contributed by atoms with E-state index in [9.17, 15) is 19.5 Å². The van der Waals surface area contributed by atoms with Crippen molar-refractivity contribution in [1.82, 2.24) is 10.6 Å². The van der Waals surface area contributed by atoms with Crippen molar-refractivity contribution in [2.75, 3.05) is 20.3 Å². The van der Waals surface area contributed by atoms with Gasteiger partial charge < -0.3 is 25.2 Å². The first kappa shape index (κ1) is 25.2. The maximum atomic E-state index is 12.9. The average molecular weight is 469 g/mol. The number of hydrogen-bond acceptors (Lipinski definition) is 5. The van der Waals surface area contributed by atoms with E-state index >= 15 is 0 Å². The average Bonchev–Trinajstić information content (AvgIpc) is 3.10. The second-order valence-corrected chi connectivity index (χ2v) is 9.52. The zero-order chi connectivity index (χ0) is 25.1. The molecule has 8 nitrogen and oxygen atoms in total. The minimum absolute atomic E-state index is 0.0976. The summed E-state index contributed by atoms with van der Waals surface area (Å²) in [6.45, 7) is 6.31. The maximum absolute atomic E-state index is 12.9. The third kappa shape index (κ3) is 4.92. The number of alkyl carbamates (subject to hydrolysis) is 1. The highest BCUT2D eigenvalue weighted by Crippen LogP contribution is 2.44. The van der Waals surface area contributed by atoms with E-state index in [2.05, 4.69) is 10.6 Å². The molecule has 8 heteroatoms. The molecular weight excluding hydrogens is 436 g/mol. The van der Waals surface area contributed by atoms with Gasteiger partial charge in [-0.3, -0.25) is 9.59 Å². The normalized spacial score (nSPS) is 14.0. The number of aliphatic carboxylic acids is 1. The van der Waals surface area contributed by atoms with Crippen molar-refractivity contribution in [3.05, 3.63) is 59.7 Å². The number of ether oxygens (including phenoxy) is 2. The molecule has 0 heterocycles. The van der Waals surface area contributed by atoms with Crippen LogP contribution in [-0.2, 0) is 19.1 Å². The summed E-state index contributed by atoms with van der Waals surface area (Å²) < 4.78 is 10.6. The molecular formula is C26H32N2O6. The Kier molecular flexibility index (Phi) is 7.31. The molecule has 0 aliphatic heterocycles. The number of carbonyl (C=O) groups is 3. The molecule has 0 fully saturated rings. The SMILES string of the molecule is COCC(NC(=O)OCC1c2ccccc2-c2ccccc21)C(=O)NC(C)(C)C(C)(C)C(=O)O. The maximum Gasteiger partial charge on any atom is 0.407 e. The number of amides is 2. The summed E-state index contributed by atoms with van der Waals surface area (Å²) in [5, 5.41) is 14.8. The largest absolute Gasteiger partial charge is 0.481 e. The van der Waals surface area contributed by atoms with Crippen LogP contribution in [0.2, 0.25) is 0 Å². The van der Waals surface area contributed by atoms with Crippen molar-refractivity contribution in [3.8, 4) is 11.1 Å². The lowest BCUT2D eigenvalue weighted by Gasteiger charge is -2.39. The number of methoxy groups -OCH3 is 1. The van der Waals surface area contributed by atoms with Gasteiger partial charge in [0.25, 0.3) is 0 Å². The molecule has 0 bridgehead atoms. The minimum Gasteiger partial charge on any atom is -0.481 e. The Labute approximate surface area is 199 Å². The van der Waals surface area contributed by atoms with Crippen LogP contribution in [0.15, 0.2) is 48.5 Å². The molecule has 182 valence electrons. The second kappa shape index (κ2) is 9.85. The van der Waals surface area contributed by atoms with Crippen LogP contribution in [-0.4, -0.2) is 55.0 Å². The van der Waals surface area contributed by atoms with Crippen molar-refractivity contribution in [2.45, 2.75) is 45.2 Å². The lowest BCUT2D eigenvalue weighted by molar-refractivity contribution is -0.152. The lowest BCUT2D eigenvalue weighted by atomic mass is 9.74. The minimum atomic E-state index is -1.25. The van der Waals surface area contributed by atoms with Crippen LogP contribution in [0.3, 0.4) is 0 Å². The van der Waals surface area contributed by atoms with Gasteiger partial charge in [-0.05, 0) is 49.9 Å². The summed E-state index contributed by atoms with van der Waals surface area (Å²) in [4.78, 5) is 37.2. The molecule has 0 aromatic heterocycles. The van der Waals surface area contributed by atoms with Crippen LogP contribution in [0.5, 0.6) is 0 Å². The monoisotopic (exact) mass is 468 g/mol. The summed E-state index contributed by atoms with van der Waals surface area (Å²) in [5.41, 5.74) is 2.06. The Hall–Kier alpha value is -3.39. The number of fused-ring (bicyclic) bond motifs is 3. The lowest BCUT2D eigenvalue weighted by Crippen LogP contribution is -2.61.